The molecule has 1 aromatic heterocycles. The predicted octanol–water partition coefficient (Wildman–Crippen LogP) is 0.279. The number of carbonyl (C=O) groups is 1. The third-order valence-corrected chi connectivity index (χ3v) is 3.65. The van der Waals surface area contributed by atoms with Crippen LogP contribution >= 0.6 is 0 Å². The number of imidazole rings is 1. The highest BCUT2D eigenvalue weighted by Gasteiger charge is 2.17. The fourth-order valence-electron chi connectivity index (χ4n) is 1.72. The minimum atomic E-state index is -3.76. The highest BCUT2D eigenvalue weighted by Crippen LogP contribution is 2.19. The number of carbonyl (C=O) groups excluding carboxylic acids is 1. The molecule has 0 aliphatic heterocycles. The van der Waals surface area contributed by atoms with Gasteiger partial charge in [0.05, 0.1) is 11.5 Å². The molecule has 9 heteroatoms. The van der Waals surface area contributed by atoms with E-state index in [0.29, 0.717) is 5.69 Å². The minimum Gasteiger partial charge on any atom is -0.461 e. The van der Waals surface area contributed by atoms with Gasteiger partial charge in [-0.3, -0.25) is 4.57 Å². The summed E-state index contributed by atoms with van der Waals surface area (Å²) in [4.78, 5) is 15.5. The van der Waals surface area contributed by atoms with E-state index < -0.39 is 16.0 Å². The molecule has 0 fully saturated rings. The Kier molecular flexibility index (Phi) is 3.96. The van der Waals surface area contributed by atoms with Crippen molar-refractivity contribution in [3.63, 3.8) is 0 Å². The molecule has 0 atom stereocenters. The summed E-state index contributed by atoms with van der Waals surface area (Å²) in [7, 11) is -3.76. The number of ether oxygens (including phenoxy) is 1. The van der Waals surface area contributed by atoms with Gasteiger partial charge in [0.2, 0.25) is 10.0 Å². The van der Waals surface area contributed by atoms with Crippen LogP contribution < -0.4 is 10.9 Å². The van der Waals surface area contributed by atoms with Crippen molar-refractivity contribution in [2.75, 3.05) is 12.3 Å². The lowest BCUT2D eigenvalue weighted by Crippen LogP contribution is -2.12. The van der Waals surface area contributed by atoms with E-state index in [-0.39, 0.29) is 23.0 Å². The number of nitrogen functional groups attached to an aromatic ring is 1. The molecule has 2 aromatic rings. The molecular weight excluding hydrogens is 296 g/mol. The van der Waals surface area contributed by atoms with Crippen molar-refractivity contribution >= 4 is 21.8 Å². The maximum atomic E-state index is 11.6. The monoisotopic (exact) mass is 310 g/mol. The molecule has 0 radical (unpaired) electrons. The quantitative estimate of drug-likeness (QED) is 0.780. The molecule has 4 N–H and O–H groups in total. The van der Waals surface area contributed by atoms with Crippen LogP contribution in [0, 0.1) is 0 Å². The van der Waals surface area contributed by atoms with Gasteiger partial charge in [-0.05, 0) is 31.2 Å². The molecule has 0 aliphatic rings. The van der Waals surface area contributed by atoms with Gasteiger partial charge in [0, 0.05) is 5.69 Å². The van der Waals surface area contributed by atoms with Crippen LogP contribution in [0.3, 0.4) is 0 Å². The Morgan fingerprint density at radius 3 is 2.48 bits per heavy atom. The molecule has 0 saturated heterocycles. The van der Waals surface area contributed by atoms with Gasteiger partial charge in [-0.1, -0.05) is 0 Å². The molecule has 1 heterocycles. The normalized spacial score (nSPS) is 11.3. The van der Waals surface area contributed by atoms with Crippen molar-refractivity contribution in [2.24, 2.45) is 5.14 Å². The number of rotatable bonds is 4. The number of nitrogens with two attached hydrogens (primary N) is 2. The molecule has 21 heavy (non-hydrogen) atoms. The van der Waals surface area contributed by atoms with Gasteiger partial charge in [0.25, 0.3) is 0 Å². The molecule has 112 valence electrons. The molecule has 0 spiro atoms. The highest BCUT2D eigenvalue weighted by molar-refractivity contribution is 7.89. The molecular formula is C12H14N4O4S. The van der Waals surface area contributed by atoms with Gasteiger partial charge >= 0.3 is 5.97 Å². The van der Waals surface area contributed by atoms with Crippen molar-refractivity contribution in [3.05, 3.63) is 36.3 Å². The van der Waals surface area contributed by atoms with Crippen LogP contribution in [-0.2, 0) is 14.8 Å². The predicted molar refractivity (Wildman–Crippen MR) is 75.3 cm³/mol. The van der Waals surface area contributed by atoms with E-state index in [9.17, 15) is 13.2 Å². The van der Waals surface area contributed by atoms with Crippen LogP contribution in [0.4, 0.5) is 5.82 Å². The topological polar surface area (TPSA) is 130 Å². The zero-order valence-electron chi connectivity index (χ0n) is 11.2. The Bertz CT molecular complexity index is 765. The van der Waals surface area contributed by atoms with Gasteiger partial charge in [-0.15, -0.1) is 0 Å². The second-order valence-corrected chi connectivity index (χ2v) is 5.67. The van der Waals surface area contributed by atoms with E-state index in [0.717, 1.165) is 0 Å². The molecule has 2 rings (SSSR count). The molecule has 1 aromatic carbocycles. The van der Waals surface area contributed by atoms with Gasteiger partial charge in [0.1, 0.15) is 12.1 Å². The van der Waals surface area contributed by atoms with Crippen LogP contribution in [0.25, 0.3) is 5.69 Å². The fourth-order valence-corrected chi connectivity index (χ4v) is 2.23. The van der Waals surface area contributed by atoms with Crippen molar-refractivity contribution in [2.45, 2.75) is 11.8 Å². The summed E-state index contributed by atoms with van der Waals surface area (Å²) >= 11 is 0. The first-order valence-corrected chi connectivity index (χ1v) is 7.52. The molecule has 0 unspecified atom stereocenters. The van der Waals surface area contributed by atoms with Crippen molar-refractivity contribution in [1.29, 1.82) is 0 Å². The summed E-state index contributed by atoms with van der Waals surface area (Å²) in [5.41, 5.74) is 6.40. The molecule has 0 bridgehead atoms. The Morgan fingerprint density at radius 1 is 1.33 bits per heavy atom. The average Bonchev–Trinajstić information content (AvgIpc) is 2.80. The third-order valence-electron chi connectivity index (χ3n) is 2.72. The largest absolute Gasteiger partial charge is 0.461 e. The maximum absolute atomic E-state index is 11.6. The molecule has 0 saturated carbocycles. The highest BCUT2D eigenvalue weighted by atomic mass is 32.2. The summed E-state index contributed by atoms with van der Waals surface area (Å²) < 4.78 is 28.6. The molecule has 0 aliphatic carbocycles. The lowest BCUT2D eigenvalue weighted by atomic mass is 10.3. The van der Waals surface area contributed by atoms with Gasteiger partial charge in [0.15, 0.2) is 5.69 Å². The standard InChI is InChI=1S/C12H14N4O4S/c1-2-20-12(17)10-11(13)16(7-15-10)8-3-5-9(6-4-8)21(14,18)19/h3-7H,2,13H2,1H3,(H2,14,18,19). The number of nitrogens with zero attached hydrogens (tertiary/aromatic N) is 2. The van der Waals surface area contributed by atoms with Crippen LogP contribution in [0.2, 0.25) is 0 Å². The minimum absolute atomic E-state index is 0.00683. The van der Waals surface area contributed by atoms with Crippen molar-refractivity contribution < 1.29 is 17.9 Å². The summed E-state index contributed by atoms with van der Waals surface area (Å²) in [6.45, 7) is 1.89. The first kappa shape index (κ1) is 15.0. The van der Waals surface area contributed by atoms with E-state index in [1.165, 1.54) is 35.2 Å². The Morgan fingerprint density at radius 2 is 1.95 bits per heavy atom. The van der Waals surface area contributed by atoms with Crippen molar-refractivity contribution in [1.82, 2.24) is 9.55 Å². The zero-order chi connectivity index (χ0) is 15.6. The zero-order valence-corrected chi connectivity index (χ0v) is 12.0. The Labute approximate surface area is 121 Å². The van der Waals surface area contributed by atoms with Crippen LogP contribution in [0.1, 0.15) is 17.4 Å². The lowest BCUT2D eigenvalue weighted by Gasteiger charge is -2.06. The second-order valence-electron chi connectivity index (χ2n) is 4.11. The van der Waals surface area contributed by atoms with Gasteiger partial charge < -0.3 is 10.5 Å². The second kappa shape index (κ2) is 5.54. The Hall–Kier alpha value is -2.39. The first-order valence-electron chi connectivity index (χ1n) is 5.97. The Balaban J connectivity index is 2.37. The number of hydrogen-bond acceptors (Lipinski definition) is 6. The lowest BCUT2D eigenvalue weighted by molar-refractivity contribution is 0.0521. The summed E-state index contributed by atoms with van der Waals surface area (Å²) in [5.74, 6) is -0.508. The van der Waals surface area contributed by atoms with E-state index in [4.69, 9.17) is 15.6 Å². The summed E-state index contributed by atoms with van der Waals surface area (Å²) in [5, 5.41) is 5.02. The number of sulfonamides is 1. The van der Waals surface area contributed by atoms with E-state index >= 15 is 0 Å². The number of benzene rings is 1. The SMILES string of the molecule is CCOC(=O)c1ncn(-c2ccc(S(N)(=O)=O)cc2)c1N. The van der Waals surface area contributed by atoms with Gasteiger partial charge in [-0.25, -0.2) is 23.3 Å². The summed E-state index contributed by atoms with van der Waals surface area (Å²) in [6.07, 6.45) is 1.35. The van der Waals surface area contributed by atoms with Crippen LogP contribution in [-0.4, -0.2) is 30.5 Å². The van der Waals surface area contributed by atoms with E-state index in [2.05, 4.69) is 4.98 Å². The number of esters is 1. The molecule has 8 nitrogen and oxygen atoms in total. The van der Waals surface area contributed by atoms with Crippen LogP contribution in [0.5, 0.6) is 0 Å². The van der Waals surface area contributed by atoms with E-state index in [1.54, 1.807) is 6.92 Å². The third kappa shape index (κ3) is 3.03. The number of hydrogen-bond donors (Lipinski definition) is 2. The maximum Gasteiger partial charge on any atom is 0.360 e. The first-order chi connectivity index (χ1) is 9.84. The fraction of sp³-hybridized carbons (Fsp3) is 0.167. The number of aromatic nitrogens is 2. The summed E-state index contributed by atoms with van der Waals surface area (Å²) in [6, 6.07) is 5.70. The van der Waals surface area contributed by atoms with E-state index in [1.807, 2.05) is 0 Å². The van der Waals surface area contributed by atoms with Crippen molar-refractivity contribution in [3.8, 4) is 5.69 Å². The number of anilines is 1. The number of primary sulfonamides is 1. The molecule has 0 amide bonds. The van der Waals surface area contributed by atoms with Gasteiger partial charge in [-0.2, -0.15) is 0 Å². The average molecular weight is 310 g/mol. The van der Waals surface area contributed by atoms with Crippen LogP contribution in [0.15, 0.2) is 35.5 Å². The smallest absolute Gasteiger partial charge is 0.360 e.